The quantitative estimate of drug-likeness (QED) is 0.678. The van der Waals surface area contributed by atoms with Crippen molar-refractivity contribution in [2.45, 2.75) is 19.4 Å². The largest absolute Gasteiger partial charge is 2.00 e. The molecular weight excluding hydrogens is 266 g/mol. The predicted molar refractivity (Wildman–Crippen MR) is 69.4 cm³/mol. The second kappa shape index (κ2) is 7.55. The van der Waals surface area contributed by atoms with Crippen molar-refractivity contribution in [3.63, 3.8) is 0 Å². The van der Waals surface area contributed by atoms with Gasteiger partial charge in [-0.1, -0.05) is 0 Å². The van der Waals surface area contributed by atoms with E-state index in [9.17, 15) is 0 Å². The molecule has 0 N–H and O–H groups in total. The average molecular weight is 283 g/mol. The monoisotopic (exact) mass is 283 g/mol. The van der Waals surface area contributed by atoms with Gasteiger partial charge in [0.2, 0.25) is 0 Å². The first-order valence-electron chi connectivity index (χ1n) is 5.79. The molecule has 2 saturated carbocycles. The van der Waals surface area contributed by atoms with Crippen LogP contribution < -0.4 is 0 Å². The Hall–Kier alpha value is -0.0105. The molecular formula is C15H17FeNO+2. The fraction of sp³-hybridized carbons (Fsp3) is 0.267. The Morgan fingerprint density at radius 3 is 1.83 bits per heavy atom. The molecule has 0 saturated heterocycles. The SMILES string of the molecule is CC1(C)COC([C]2[CH][CH][CH][CH]2)=N1.[CH]1[CH][CH][CH][CH]1.[Fe+2]. The van der Waals surface area contributed by atoms with Crippen molar-refractivity contribution < 1.29 is 21.8 Å². The van der Waals surface area contributed by atoms with E-state index in [0.717, 1.165) is 11.8 Å². The van der Waals surface area contributed by atoms with E-state index in [4.69, 9.17) is 4.74 Å². The van der Waals surface area contributed by atoms with E-state index in [1.807, 2.05) is 57.8 Å². The average Bonchev–Trinajstić information content (AvgIpc) is 3.00. The second-order valence-corrected chi connectivity index (χ2v) is 4.65. The number of hydrogen-bond acceptors (Lipinski definition) is 2. The zero-order chi connectivity index (χ0) is 12.1. The van der Waals surface area contributed by atoms with Gasteiger partial charge in [0.15, 0.2) is 5.90 Å². The molecule has 3 aliphatic rings. The van der Waals surface area contributed by atoms with Crippen LogP contribution in [-0.2, 0) is 21.8 Å². The van der Waals surface area contributed by atoms with Gasteiger partial charge < -0.3 is 4.74 Å². The fourth-order valence-electron chi connectivity index (χ4n) is 1.57. The summed E-state index contributed by atoms with van der Waals surface area (Å²) in [5.74, 6) is 1.87. The van der Waals surface area contributed by atoms with E-state index in [1.165, 1.54) is 0 Å². The van der Waals surface area contributed by atoms with E-state index in [1.54, 1.807) is 0 Å². The molecule has 18 heavy (non-hydrogen) atoms. The molecule has 0 aromatic rings. The Balaban J connectivity index is 0.000000230. The number of ether oxygens (including phenoxy) is 1. The van der Waals surface area contributed by atoms with Crippen LogP contribution in [0.15, 0.2) is 4.99 Å². The van der Waals surface area contributed by atoms with Gasteiger partial charge in [-0.2, -0.15) is 0 Å². The van der Waals surface area contributed by atoms with Crippen LogP contribution >= 0.6 is 0 Å². The molecule has 10 radical (unpaired) electrons. The van der Waals surface area contributed by atoms with Gasteiger partial charge in [0.1, 0.15) is 6.61 Å². The van der Waals surface area contributed by atoms with Gasteiger partial charge in [0.05, 0.1) is 11.5 Å². The van der Waals surface area contributed by atoms with Gasteiger partial charge >= 0.3 is 17.1 Å². The van der Waals surface area contributed by atoms with Gasteiger partial charge in [-0.25, -0.2) is 4.99 Å². The van der Waals surface area contributed by atoms with Crippen molar-refractivity contribution in [3.8, 4) is 0 Å². The summed E-state index contributed by atoms with van der Waals surface area (Å²) in [7, 11) is 0. The maximum atomic E-state index is 5.46. The normalized spacial score (nSPS) is 25.8. The summed E-state index contributed by atoms with van der Waals surface area (Å²) in [4.78, 5) is 4.46. The van der Waals surface area contributed by atoms with Crippen LogP contribution in [-0.4, -0.2) is 18.0 Å². The molecule has 0 aromatic heterocycles. The zero-order valence-corrected chi connectivity index (χ0v) is 11.7. The predicted octanol–water partition coefficient (Wildman–Crippen LogP) is 2.62. The third kappa shape index (κ3) is 4.93. The van der Waals surface area contributed by atoms with Crippen LogP contribution in [0.2, 0.25) is 0 Å². The van der Waals surface area contributed by atoms with E-state index in [-0.39, 0.29) is 22.6 Å². The van der Waals surface area contributed by atoms with Crippen LogP contribution in [0.4, 0.5) is 0 Å². The fourth-order valence-corrected chi connectivity index (χ4v) is 1.57. The van der Waals surface area contributed by atoms with E-state index < -0.39 is 0 Å². The topological polar surface area (TPSA) is 21.6 Å². The Morgan fingerprint density at radius 1 is 0.944 bits per heavy atom. The van der Waals surface area contributed by atoms with Gasteiger partial charge in [-0.05, 0) is 71.6 Å². The molecule has 0 amide bonds. The summed E-state index contributed by atoms with van der Waals surface area (Å²) in [5.41, 5.74) is -0.0490. The van der Waals surface area contributed by atoms with E-state index in [2.05, 4.69) is 18.8 Å². The Bertz CT molecular complexity index is 258. The zero-order valence-electron chi connectivity index (χ0n) is 10.6. The maximum absolute atomic E-state index is 5.46. The van der Waals surface area contributed by atoms with Crippen molar-refractivity contribution in [3.05, 3.63) is 63.7 Å². The standard InChI is InChI=1S/C10H12NO.C5H5.Fe/c1-10(2)7-12-9(11-10)8-5-3-4-6-8;1-2-4-5-3-1;/h3-6H,7H2,1-2H3;1-5H;/q;;+2. The third-order valence-corrected chi connectivity index (χ3v) is 2.43. The first kappa shape index (κ1) is 16.0. The minimum absolute atomic E-state index is 0. The van der Waals surface area contributed by atoms with Crippen molar-refractivity contribution in [2.75, 3.05) is 6.61 Å². The molecule has 94 valence electrons. The van der Waals surface area contributed by atoms with Gasteiger partial charge in [-0.3, -0.25) is 0 Å². The third-order valence-electron chi connectivity index (χ3n) is 2.43. The van der Waals surface area contributed by atoms with Crippen molar-refractivity contribution in [2.24, 2.45) is 4.99 Å². The first-order valence-corrected chi connectivity index (χ1v) is 5.79. The molecule has 0 atom stereocenters. The summed E-state index contributed by atoms with van der Waals surface area (Å²) in [6.45, 7) is 4.83. The number of hydrogen-bond donors (Lipinski definition) is 0. The van der Waals surface area contributed by atoms with Crippen molar-refractivity contribution >= 4 is 5.90 Å². The molecule has 2 fully saturated rings. The maximum Gasteiger partial charge on any atom is 2.00 e. The van der Waals surface area contributed by atoms with E-state index in [0.29, 0.717) is 6.61 Å². The van der Waals surface area contributed by atoms with Crippen LogP contribution in [0.5, 0.6) is 0 Å². The molecule has 0 spiro atoms. The van der Waals surface area contributed by atoms with Gasteiger partial charge in [0.25, 0.3) is 0 Å². The summed E-state index contributed by atoms with van der Waals surface area (Å²) in [5, 5.41) is 0. The Morgan fingerprint density at radius 2 is 1.44 bits per heavy atom. The van der Waals surface area contributed by atoms with E-state index >= 15 is 0 Å². The summed E-state index contributed by atoms with van der Waals surface area (Å²) < 4.78 is 5.46. The number of aliphatic imine (C=N–C) groups is 1. The van der Waals surface area contributed by atoms with Crippen molar-refractivity contribution in [1.82, 2.24) is 0 Å². The van der Waals surface area contributed by atoms with Crippen LogP contribution in [0.1, 0.15) is 13.8 Å². The Labute approximate surface area is 122 Å². The molecule has 3 heteroatoms. The molecule has 0 aromatic carbocycles. The smallest absolute Gasteiger partial charge is 0.478 e. The van der Waals surface area contributed by atoms with Crippen LogP contribution in [0.3, 0.4) is 0 Å². The number of nitrogens with zero attached hydrogens (tertiary/aromatic N) is 1. The summed E-state index contributed by atoms with van der Waals surface area (Å²) >= 11 is 0. The van der Waals surface area contributed by atoms with Gasteiger partial charge in [0, 0.05) is 0 Å². The molecule has 2 aliphatic carbocycles. The minimum atomic E-state index is -0.0490. The summed E-state index contributed by atoms with van der Waals surface area (Å²) in [6, 6.07) is 0. The minimum Gasteiger partial charge on any atom is -0.478 e. The van der Waals surface area contributed by atoms with Crippen LogP contribution in [0, 0.1) is 63.7 Å². The van der Waals surface area contributed by atoms with Gasteiger partial charge in [-0.15, -0.1) is 0 Å². The summed E-state index contributed by atoms with van der Waals surface area (Å²) in [6.07, 6.45) is 18.0. The molecule has 1 heterocycles. The molecule has 2 nitrogen and oxygen atoms in total. The number of rotatable bonds is 1. The first-order chi connectivity index (χ1) is 8.17. The molecule has 0 bridgehead atoms. The Kier molecular flexibility index (Phi) is 6.73. The van der Waals surface area contributed by atoms with Crippen molar-refractivity contribution in [1.29, 1.82) is 0 Å². The molecule has 1 aliphatic heterocycles. The molecule has 0 unspecified atom stereocenters. The second-order valence-electron chi connectivity index (χ2n) is 4.65. The van der Waals surface area contributed by atoms with Crippen LogP contribution in [0.25, 0.3) is 0 Å². The molecule has 3 rings (SSSR count).